The lowest BCUT2D eigenvalue weighted by atomic mass is 10.4. The Bertz CT molecular complexity index is 89.8. The van der Waals surface area contributed by atoms with Crippen LogP contribution in [0.15, 0.2) is 0 Å². The molecule has 0 spiro atoms. The van der Waals surface area contributed by atoms with E-state index < -0.39 is 6.04 Å². The van der Waals surface area contributed by atoms with Crippen LogP contribution in [0.3, 0.4) is 0 Å². The first kappa shape index (κ1) is 9.94. The maximum Gasteiger partial charge on any atom is 0.217 e. The van der Waals surface area contributed by atoms with Gasteiger partial charge < -0.3 is 10.5 Å². The zero-order chi connectivity index (χ0) is 7.82. The Morgan fingerprint density at radius 2 is 2.50 bits per heavy atom. The molecule has 0 bridgehead atoms. The van der Waals surface area contributed by atoms with E-state index in [1.165, 1.54) is 0 Å². The molecule has 0 fully saturated rings. The van der Waals surface area contributed by atoms with Crippen molar-refractivity contribution >= 4 is 18.0 Å². The molecule has 0 saturated carbocycles. The fraction of sp³-hybridized carbons (Fsp3) is 0.833. The fourth-order valence-corrected chi connectivity index (χ4v) is 1.16. The van der Waals surface area contributed by atoms with Crippen LogP contribution in [-0.2, 0) is 9.53 Å². The van der Waals surface area contributed by atoms with Crippen molar-refractivity contribution in [2.24, 2.45) is 5.73 Å². The van der Waals surface area contributed by atoms with Crippen LogP contribution in [0.1, 0.15) is 0 Å². The van der Waals surface area contributed by atoms with E-state index in [1.54, 1.807) is 25.2 Å². The third-order valence-corrected chi connectivity index (χ3v) is 1.93. The predicted octanol–water partition coefficient (Wildman–Crippen LogP) is -0.197. The van der Waals surface area contributed by atoms with E-state index in [0.29, 0.717) is 12.4 Å². The normalized spacial score (nSPS) is 13.0. The first-order valence-electron chi connectivity index (χ1n) is 3.01. The van der Waals surface area contributed by atoms with Crippen LogP contribution < -0.4 is 5.73 Å². The number of nitrogens with two attached hydrogens (primary N) is 1. The summed E-state index contributed by atoms with van der Waals surface area (Å²) in [6, 6.07) is -0.443. The average Bonchev–Trinajstić information content (AvgIpc) is 1.98. The zero-order valence-electron chi connectivity index (χ0n) is 6.00. The molecule has 1 atom stereocenters. The Balaban J connectivity index is 2.95. The first-order valence-corrected chi connectivity index (χ1v) is 4.16. The van der Waals surface area contributed by atoms with E-state index in [2.05, 4.69) is 0 Å². The standard InChI is InChI=1S/C6H12NO2S/c1-9-2-3-10-5-6(7)4-8/h6H,2-3,5,7H2,1H3. The van der Waals surface area contributed by atoms with Crippen molar-refractivity contribution in [3.63, 3.8) is 0 Å². The largest absolute Gasteiger partial charge is 0.384 e. The average molecular weight is 162 g/mol. The third kappa shape index (κ3) is 6.07. The van der Waals surface area contributed by atoms with Gasteiger partial charge in [0, 0.05) is 18.6 Å². The summed E-state index contributed by atoms with van der Waals surface area (Å²) in [7, 11) is 1.65. The molecule has 1 radical (unpaired) electrons. The van der Waals surface area contributed by atoms with Crippen LogP contribution in [0.25, 0.3) is 0 Å². The third-order valence-electron chi connectivity index (χ3n) is 0.881. The lowest BCUT2D eigenvalue weighted by Crippen LogP contribution is -2.24. The van der Waals surface area contributed by atoms with Crippen LogP contribution in [0.2, 0.25) is 0 Å². The molecule has 0 rings (SSSR count). The summed E-state index contributed by atoms with van der Waals surface area (Å²) in [6.45, 7) is 0.705. The second-order valence-electron chi connectivity index (χ2n) is 1.79. The maximum absolute atomic E-state index is 9.87. The summed E-state index contributed by atoms with van der Waals surface area (Å²) < 4.78 is 4.80. The van der Waals surface area contributed by atoms with Gasteiger partial charge >= 0.3 is 0 Å². The van der Waals surface area contributed by atoms with Crippen molar-refractivity contribution in [1.82, 2.24) is 0 Å². The van der Waals surface area contributed by atoms with Gasteiger partial charge in [-0.15, -0.1) is 0 Å². The summed E-state index contributed by atoms with van der Waals surface area (Å²) in [5, 5.41) is 0. The Morgan fingerprint density at radius 1 is 1.80 bits per heavy atom. The quantitative estimate of drug-likeness (QED) is 0.550. The number of thioether (sulfide) groups is 1. The van der Waals surface area contributed by atoms with Crippen molar-refractivity contribution in [2.45, 2.75) is 6.04 Å². The number of methoxy groups -OCH3 is 1. The van der Waals surface area contributed by atoms with Gasteiger partial charge in [-0.25, -0.2) is 0 Å². The van der Waals surface area contributed by atoms with Crippen LogP contribution in [0.5, 0.6) is 0 Å². The van der Waals surface area contributed by atoms with Crippen LogP contribution in [-0.4, -0.2) is 37.6 Å². The zero-order valence-corrected chi connectivity index (χ0v) is 6.82. The van der Waals surface area contributed by atoms with E-state index in [4.69, 9.17) is 10.5 Å². The van der Waals surface area contributed by atoms with Crippen molar-refractivity contribution in [2.75, 3.05) is 25.2 Å². The molecule has 0 heterocycles. The minimum absolute atomic E-state index is 0.443. The number of hydrogen-bond donors (Lipinski definition) is 1. The molecule has 0 aliphatic carbocycles. The second kappa shape index (κ2) is 7.05. The molecule has 0 aromatic rings. The molecule has 3 nitrogen and oxygen atoms in total. The number of hydrogen-bond acceptors (Lipinski definition) is 4. The van der Waals surface area contributed by atoms with Crippen LogP contribution in [0, 0.1) is 0 Å². The van der Waals surface area contributed by atoms with Crippen molar-refractivity contribution in [3.05, 3.63) is 0 Å². The van der Waals surface area contributed by atoms with Gasteiger partial charge in [-0.3, -0.25) is 4.79 Å². The summed E-state index contributed by atoms with van der Waals surface area (Å²) in [5.41, 5.74) is 5.27. The van der Waals surface area contributed by atoms with E-state index in [1.807, 2.05) is 0 Å². The summed E-state index contributed by atoms with van der Waals surface area (Å²) in [5.74, 6) is 1.51. The van der Waals surface area contributed by atoms with Gasteiger partial charge in [0.25, 0.3) is 0 Å². The maximum atomic E-state index is 9.87. The highest BCUT2D eigenvalue weighted by molar-refractivity contribution is 7.99. The van der Waals surface area contributed by atoms with Gasteiger partial charge in [0.15, 0.2) is 0 Å². The van der Waals surface area contributed by atoms with Gasteiger partial charge in [0.1, 0.15) is 0 Å². The summed E-state index contributed by atoms with van der Waals surface area (Å²) in [4.78, 5) is 9.87. The van der Waals surface area contributed by atoms with Gasteiger partial charge in [-0.2, -0.15) is 11.8 Å². The Morgan fingerprint density at radius 3 is 3.00 bits per heavy atom. The highest BCUT2D eigenvalue weighted by Crippen LogP contribution is 1.99. The molecule has 0 amide bonds. The molecule has 10 heavy (non-hydrogen) atoms. The minimum Gasteiger partial charge on any atom is -0.384 e. The number of ether oxygens (including phenoxy) is 1. The molecule has 0 aliphatic rings. The predicted molar refractivity (Wildman–Crippen MR) is 42.9 cm³/mol. The van der Waals surface area contributed by atoms with E-state index >= 15 is 0 Å². The number of carbonyl (C=O) groups excluding carboxylic acids is 1. The van der Waals surface area contributed by atoms with Crippen molar-refractivity contribution in [1.29, 1.82) is 0 Å². The van der Waals surface area contributed by atoms with Crippen LogP contribution in [0.4, 0.5) is 0 Å². The van der Waals surface area contributed by atoms with Crippen LogP contribution >= 0.6 is 11.8 Å². The highest BCUT2D eigenvalue weighted by atomic mass is 32.2. The molecule has 0 saturated heterocycles. The Labute approximate surface area is 65.3 Å². The molecule has 0 aromatic carbocycles. The number of rotatable bonds is 6. The smallest absolute Gasteiger partial charge is 0.217 e. The van der Waals surface area contributed by atoms with E-state index in [-0.39, 0.29) is 0 Å². The fourth-order valence-electron chi connectivity index (χ4n) is 0.387. The molecule has 59 valence electrons. The highest BCUT2D eigenvalue weighted by Gasteiger charge is 1.99. The monoisotopic (exact) mass is 162 g/mol. The second-order valence-corrected chi connectivity index (χ2v) is 2.94. The van der Waals surface area contributed by atoms with Gasteiger partial charge in [0.05, 0.1) is 12.6 Å². The van der Waals surface area contributed by atoms with Gasteiger partial charge in [0.2, 0.25) is 6.29 Å². The molecule has 4 heteroatoms. The lowest BCUT2D eigenvalue weighted by molar-refractivity contribution is 0.218. The topological polar surface area (TPSA) is 52.3 Å². The molecular formula is C6H12NO2S. The van der Waals surface area contributed by atoms with E-state index in [9.17, 15) is 4.79 Å². The first-order chi connectivity index (χ1) is 4.81. The molecule has 0 aliphatic heterocycles. The lowest BCUT2D eigenvalue weighted by Gasteiger charge is -2.01. The molecular weight excluding hydrogens is 150 g/mol. The summed E-state index contributed by atoms with van der Waals surface area (Å²) >= 11 is 1.60. The van der Waals surface area contributed by atoms with Gasteiger partial charge in [-0.05, 0) is 0 Å². The SMILES string of the molecule is COCCSCC(N)[C]=O. The minimum atomic E-state index is -0.443. The van der Waals surface area contributed by atoms with Crippen molar-refractivity contribution in [3.8, 4) is 0 Å². The van der Waals surface area contributed by atoms with Crippen molar-refractivity contribution < 1.29 is 9.53 Å². The summed E-state index contributed by atoms with van der Waals surface area (Å²) in [6.07, 6.45) is 1.71. The molecule has 0 aromatic heterocycles. The Kier molecular flexibility index (Phi) is 7.01. The molecule has 2 N–H and O–H groups in total. The molecule has 1 unspecified atom stereocenters. The van der Waals surface area contributed by atoms with Gasteiger partial charge in [-0.1, -0.05) is 0 Å². The Hall–Kier alpha value is -0.0600. The van der Waals surface area contributed by atoms with E-state index in [0.717, 1.165) is 5.75 Å².